The highest BCUT2D eigenvalue weighted by Crippen LogP contribution is 2.40. The monoisotopic (exact) mass is 213 g/mol. The van der Waals surface area contributed by atoms with Crippen LogP contribution in [0.1, 0.15) is 41.6 Å². The highest BCUT2D eigenvalue weighted by atomic mass is 16.1. The molecule has 0 aliphatic heterocycles. The van der Waals surface area contributed by atoms with Crippen molar-refractivity contribution in [1.82, 2.24) is 4.57 Å². The number of Topliss-reactive ketones (excluding diaryl/α,β-unsaturated/α-hetero) is 1. The van der Waals surface area contributed by atoms with E-state index in [9.17, 15) is 4.79 Å². The molecule has 0 amide bonds. The molecule has 2 aromatic rings. The van der Waals surface area contributed by atoms with Gasteiger partial charge in [-0.25, -0.2) is 0 Å². The molecule has 1 unspecified atom stereocenters. The fourth-order valence-electron chi connectivity index (χ4n) is 2.84. The third-order valence-electron chi connectivity index (χ3n) is 3.74. The van der Waals surface area contributed by atoms with Gasteiger partial charge in [-0.1, -0.05) is 6.92 Å². The number of carbonyl (C=O) groups excluding carboxylic acids is 1. The van der Waals surface area contributed by atoms with Gasteiger partial charge in [0.15, 0.2) is 5.78 Å². The van der Waals surface area contributed by atoms with Crippen LogP contribution in [0.3, 0.4) is 0 Å². The zero-order chi connectivity index (χ0) is 11.3. The van der Waals surface area contributed by atoms with Crippen molar-refractivity contribution in [3.63, 3.8) is 0 Å². The normalized spacial score (nSPS) is 19.4. The second-order valence-corrected chi connectivity index (χ2v) is 4.62. The van der Waals surface area contributed by atoms with Gasteiger partial charge in [0.25, 0.3) is 0 Å². The molecule has 2 heteroatoms. The van der Waals surface area contributed by atoms with Crippen LogP contribution >= 0.6 is 0 Å². The van der Waals surface area contributed by atoms with Crippen LogP contribution < -0.4 is 0 Å². The van der Waals surface area contributed by atoms with Crippen molar-refractivity contribution in [1.29, 1.82) is 0 Å². The number of fused-ring (bicyclic) bond motifs is 3. The fraction of sp³-hybridized carbons (Fsp3) is 0.357. The molecule has 0 saturated carbocycles. The Hall–Kier alpha value is -1.57. The average Bonchev–Trinajstić information content (AvgIpc) is 2.81. The molecule has 1 aromatic heterocycles. The van der Waals surface area contributed by atoms with Crippen LogP contribution in [0.15, 0.2) is 24.4 Å². The zero-order valence-corrected chi connectivity index (χ0v) is 9.66. The first-order chi connectivity index (χ1) is 7.72. The second kappa shape index (κ2) is 3.21. The van der Waals surface area contributed by atoms with Gasteiger partial charge >= 0.3 is 0 Å². The predicted octanol–water partition coefficient (Wildman–Crippen LogP) is 3.26. The standard InChI is InChI=1S/C14H15NO/c1-3-9-8-13(16)11-4-5-12-10(14(9)11)6-7-15(12)2/h4-7,9H,3,8H2,1-2H3. The predicted molar refractivity (Wildman–Crippen MR) is 64.9 cm³/mol. The van der Waals surface area contributed by atoms with Gasteiger partial charge in [0, 0.05) is 36.1 Å². The minimum absolute atomic E-state index is 0.313. The van der Waals surface area contributed by atoms with Gasteiger partial charge in [0.1, 0.15) is 0 Å². The van der Waals surface area contributed by atoms with Crippen LogP contribution in [0.5, 0.6) is 0 Å². The molecule has 1 atom stereocenters. The number of hydrogen-bond acceptors (Lipinski definition) is 1. The van der Waals surface area contributed by atoms with E-state index < -0.39 is 0 Å². The average molecular weight is 213 g/mol. The first kappa shape index (κ1) is 9.64. The molecule has 0 spiro atoms. The van der Waals surface area contributed by atoms with Gasteiger partial charge in [-0.3, -0.25) is 4.79 Å². The number of carbonyl (C=O) groups is 1. The maximum absolute atomic E-state index is 11.9. The maximum atomic E-state index is 11.9. The summed E-state index contributed by atoms with van der Waals surface area (Å²) in [6, 6.07) is 6.19. The molecule has 1 aliphatic carbocycles. The zero-order valence-electron chi connectivity index (χ0n) is 9.66. The van der Waals surface area contributed by atoms with Gasteiger partial charge in [0.2, 0.25) is 0 Å². The summed E-state index contributed by atoms with van der Waals surface area (Å²) >= 11 is 0. The molecule has 82 valence electrons. The van der Waals surface area contributed by atoms with Crippen molar-refractivity contribution in [2.75, 3.05) is 0 Å². The molecule has 0 fully saturated rings. The summed E-state index contributed by atoms with van der Waals surface area (Å²) in [4.78, 5) is 11.9. The number of hydrogen-bond donors (Lipinski definition) is 0. The Labute approximate surface area is 94.9 Å². The molecule has 1 aliphatic rings. The van der Waals surface area contributed by atoms with Crippen LogP contribution in [-0.4, -0.2) is 10.4 Å². The molecule has 3 rings (SSSR count). The highest BCUT2D eigenvalue weighted by Gasteiger charge is 2.29. The largest absolute Gasteiger partial charge is 0.351 e. The van der Waals surface area contributed by atoms with E-state index in [1.165, 1.54) is 16.5 Å². The molecule has 0 N–H and O–H groups in total. The van der Waals surface area contributed by atoms with Crippen molar-refractivity contribution >= 4 is 16.7 Å². The SMILES string of the molecule is CCC1CC(=O)c2ccc3c(ccn3C)c21. The minimum atomic E-state index is 0.313. The molecule has 1 heterocycles. The summed E-state index contributed by atoms with van der Waals surface area (Å²) in [5, 5.41) is 1.26. The Balaban J connectivity index is 2.37. The summed E-state index contributed by atoms with van der Waals surface area (Å²) in [7, 11) is 2.05. The lowest BCUT2D eigenvalue weighted by molar-refractivity contribution is 0.0988. The number of nitrogens with zero attached hydrogens (tertiary/aromatic N) is 1. The Kier molecular flexibility index (Phi) is 1.93. The fourth-order valence-corrected chi connectivity index (χ4v) is 2.84. The van der Waals surface area contributed by atoms with Crippen molar-refractivity contribution < 1.29 is 4.79 Å². The van der Waals surface area contributed by atoms with Gasteiger partial charge in [-0.05, 0) is 36.1 Å². The van der Waals surface area contributed by atoms with E-state index >= 15 is 0 Å². The summed E-state index contributed by atoms with van der Waals surface area (Å²) in [6.07, 6.45) is 3.81. The lowest BCUT2D eigenvalue weighted by Gasteiger charge is -2.09. The van der Waals surface area contributed by atoms with Crippen molar-refractivity contribution in [3.05, 3.63) is 35.5 Å². The van der Waals surface area contributed by atoms with Crippen LogP contribution in [0, 0.1) is 0 Å². The van der Waals surface area contributed by atoms with Crippen molar-refractivity contribution in [3.8, 4) is 0 Å². The minimum Gasteiger partial charge on any atom is -0.351 e. The van der Waals surface area contributed by atoms with Gasteiger partial charge in [-0.2, -0.15) is 0 Å². The highest BCUT2D eigenvalue weighted by molar-refractivity contribution is 6.06. The molecule has 0 bridgehead atoms. The number of aromatic nitrogens is 1. The van der Waals surface area contributed by atoms with Crippen LogP contribution in [0.25, 0.3) is 10.9 Å². The third kappa shape index (κ3) is 1.10. The Morgan fingerprint density at radius 2 is 2.19 bits per heavy atom. The molecular weight excluding hydrogens is 198 g/mol. The van der Waals surface area contributed by atoms with Crippen molar-refractivity contribution in [2.45, 2.75) is 25.7 Å². The van der Waals surface area contributed by atoms with Crippen LogP contribution in [0.2, 0.25) is 0 Å². The van der Waals surface area contributed by atoms with Gasteiger partial charge < -0.3 is 4.57 Å². The maximum Gasteiger partial charge on any atom is 0.163 e. The quantitative estimate of drug-likeness (QED) is 0.712. The lowest BCUT2D eigenvalue weighted by Crippen LogP contribution is -1.92. The third-order valence-corrected chi connectivity index (χ3v) is 3.74. The Morgan fingerprint density at radius 3 is 2.94 bits per heavy atom. The number of rotatable bonds is 1. The van der Waals surface area contributed by atoms with Crippen LogP contribution in [0.4, 0.5) is 0 Å². The topological polar surface area (TPSA) is 22.0 Å². The van der Waals surface area contributed by atoms with E-state index in [2.05, 4.69) is 29.8 Å². The number of aryl methyl sites for hydroxylation is 1. The van der Waals surface area contributed by atoms with E-state index in [1.54, 1.807) is 0 Å². The summed E-state index contributed by atoms with van der Waals surface area (Å²) in [5.41, 5.74) is 3.46. The van der Waals surface area contributed by atoms with E-state index in [-0.39, 0.29) is 0 Å². The molecular formula is C14H15NO. The lowest BCUT2D eigenvalue weighted by atomic mass is 9.95. The Bertz CT molecular complexity index is 580. The smallest absolute Gasteiger partial charge is 0.163 e. The molecule has 2 nitrogen and oxygen atoms in total. The van der Waals surface area contributed by atoms with Crippen LogP contribution in [-0.2, 0) is 7.05 Å². The Morgan fingerprint density at radius 1 is 1.38 bits per heavy atom. The number of benzene rings is 1. The second-order valence-electron chi connectivity index (χ2n) is 4.62. The molecule has 16 heavy (non-hydrogen) atoms. The molecule has 0 saturated heterocycles. The van der Waals surface area contributed by atoms with Crippen molar-refractivity contribution in [2.24, 2.45) is 7.05 Å². The summed E-state index contributed by atoms with van der Waals surface area (Å²) < 4.78 is 2.12. The van der Waals surface area contributed by atoms with E-state index in [0.29, 0.717) is 18.1 Å². The molecule has 1 aromatic carbocycles. The van der Waals surface area contributed by atoms with Gasteiger partial charge in [0.05, 0.1) is 0 Å². The summed E-state index contributed by atoms with van der Waals surface area (Å²) in [6.45, 7) is 2.16. The van der Waals surface area contributed by atoms with E-state index in [0.717, 1.165) is 12.0 Å². The molecule has 0 radical (unpaired) electrons. The van der Waals surface area contributed by atoms with E-state index in [4.69, 9.17) is 0 Å². The first-order valence-electron chi connectivity index (χ1n) is 5.83. The number of ketones is 1. The first-order valence-corrected chi connectivity index (χ1v) is 5.83. The summed E-state index contributed by atoms with van der Waals surface area (Å²) in [5.74, 6) is 0.737. The van der Waals surface area contributed by atoms with Gasteiger partial charge in [-0.15, -0.1) is 0 Å². The van der Waals surface area contributed by atoms with E-state index in [1.807, 2.05) is 13.1 Å².